The van der Waals surface area contributed by atoms with Gasteiger partial charge in [-0.25, -0.2) is 0 Å². The number of fused-ring (bicyclic) bond motifs is 5. The third-order valence-corrected chi connectivity index (χ3v) is 6.21. The topological polar surface area (TPSA) is 52.6 Å². The van der Waals surface area contributed by atoms with Gasteiger partial charge in [0.2, 0.25) is 0 Å². The van der Waals surface area contributed by atoms with Crippen LogP contribution in [0.1, 0.15) is 84.5 Å². The second kappa shape index (κ2) is 7.61. The molecule has 0 radical (unpaired) electrons. The van der Waals surface area contributed by atoms with Crippen molar-refractivity contribution in [3.63, 3.8) is 0 Å². The third kappa shape index (κ3) is 3.55. The van der Waals surface area contributed by atoms with Crippen LogP contribution in [0, 0.1) is 11.8 Å². The molecule has 3 aliphatic heterocycles. The average Bonchev–Trinajstić information content (AvgIpc) is 3.16. The third-order valence-electron chi connectivity index (χ3n) is 6.21. The lowest BCUT2D eigenvalue weighted by atomic mass is 9.71. The Labute approximate surface area is 151 Å². The maximum atomic E-state index is 12.1. The second-order valence-corrected chi connectivity index (χ2v) is 8.20. The molecule has 3 unspecified atom stereocenters. The molecule has 0 saturated carbocycles. The summed E-state index contributed by atoms with van der Waals surface area (Å²) in [5, 5.41) is 0. The lowest BCUT2D eigenvalue weighted by Crippen LogP contribution is -2.38. The number of ether oxygens (including phenoxy) is 2. The molecule has 25 heavy (non-hydrogen) atoms. The number of carbonyl (C=O) groups excluding carboxylic acids is 2. The van der Waals surface area contributed by atoms with E-state index in [9.17, 15) is 9.59 Å². The minimum Gasteiger partial charge on any atom is -0.393 e. The number of rotatable bonds is 11. The molecule has 3 rings (SSSR count). The highest BCUT2D eigenvalue weighted by atomic mass is 16.6. The molecule has 3 heterocycles. The van der Waals surface area contributed by atoms with Crippen LogP contribution in [-0.4, -0.2) is 23.1 Å². The van der Waals surface area contributed by atoms with Gasteiger partial charge < -0.3 is 9.47 Å². The largest absolute Gasteiger partial charge is 0.393 e. The Bertz CT molecular complexity index is 540. The fraction of sp³-hybridized carbons (Fsp3) is 0.810. The number of hydrogen-bond acceptors (Lipinski definition) is 4. The number of carbonyl (C=O) groups is 2. The molecule has 4 nitrogen and oxygen atoms in total. The smallest absolute Gasteiger partial charge is 0.320 e. The van der Waals surface area contributed by atoms with Gasteiger partial charge in [-0.1, -0.05) is 83.3 Å². The first-order valence-electron chi connectivity index (χ1n) is 10.2. The van der Waals surface area contributed by atoms with Crippen molar-refractivity contribution in [3.05, 3.63) is 12.2 Å². The van der Waals surface area contributed by atoms with Crippen molar-refractivity contribution in [2.45, 2.75) is 95.7 Å². The van der Waals surface area contributed by atoms with Gasteiger partial charge in [-0.05, 0) is 13.3 Å². The van der Waals surface area contributed by atoms with Crippen molar-refractivity contribution >= 4 is 11.9 Å². The molecule has 2 fully saturated rings. The van der Waals surface area contributed by atoms with Crippen molar-refractivity contribution < 1.29 is 19.1 Å². The fourth-order valence-corrected chi connectivity index (χ4v) is 4.84. The zero-order chi connectivity index (χ0) is 17.9. The summed E-state index contributed by atoms with van der Waals surface area (Å²) in [6.45, 7) is 4.15. The zero-order valence-electron chi connectivity index (χ0n) is 15.7. The monoisotopic (exact) mass is 348 g/mol. The van der Waals surface area contributed by atoms with Gasteiger partial charge in [-0.2, -0.15) is 0 Å². The van der Waals surface area contributed by atoms with Crippen LogP contribution in [0.25, 0.3) is 0 Å². The maximum absolute atomic E-state index is 12.1. The SMILES string of the molecule is CCCCCCCCCCCCC12C=C[C@@](C)(O1)C1C(=O)OC(=O)C12. The molecule has 3 aliphatic rings. The molecule has 0 aromatic rings. The molecule has 2 bridgehead atoms. The Morgan fingerprint density at radius 3 is 2.04 bits per heavy atom. The first-order valence-corrected chi connectivity index (χ1v) is 10.2. The number of cyclic esters (lactones) is 2. The summed E-state index contributed by atoms with van der Waals surface area (Å²) in [5.74, 6) is -1.69. The van der Waals surface area contributed by atoms with Crippen LogP contribution in [0.2, 0.25) is 0 Å². The van der Waals surface area contributed by atoms with Gasteiger partial charge in [0, 0.05) is 0 Å². The lowest BCUT2D eigenvalue weighted by molar-refractivity contribution is -0.161. The molecule has 140 valence electrons. The van der Waals surface area contributed by atoms with Crippen molar-refractivity contribution in [1.29, 1.82) is 0 Å². The fourth-order valence-electron chi connectivity index (χ4n) is 4.84. The highest BCUT2D eigenvalue weighted by Gasteiger charge is 2.71. The number of unbranched alkanes of at least 4 members (excludes halogenated alkanes) is 9. The van der Waals surface area contributed by atoms with Crippen LogP contribution in [0.5, 0.6) is 0 Å². The highest BCUT2D eigenvalue weighted by molar-refractivity contribution is 5.99. The highest BCUT2D eigenvalue weighted by Crippen LogP contribution is 2.58. The zero-order valence-corrected chi connectivity index (χ0v) is 15.7. The molecular formula is C21H32O4. The van der Waals surface area contributed by atoms with Crippen molar-refractivity contribution in [2.24, 2.45) is 11.8 Å². The molecule has 2 saturated heterocycles. The number of esters is 2. The van der Waals surface area contributed by atoms with Crippen LogP contribution in [-0.2, 0) is 19.1 Å². The molecule has 0 aromatic carbocycles. The van der Waals surface area contributed by atoms with Gasteiger partial charge in [-0.3, -0.25) is 9.59 Å². The molecule has 0 amide bonds. The summed E-state index contributed by atoms with van der Waals surface area (Å²) < 4.78 is 11.1. The Morgan fingerprint density at radius 2 is 1.40 bits per heavy atom. The summed E-state index contributed by atoms with van der Waals surface area (Å²) >= 11 is 0. The molecule has 0 spiro atoms. The van der Waals surface area contributed by atoms with Gasteiger partial charge in [0.05, 0.1) is 5.60 Å². The van der Waals surface area contributed by atoms with E-state index in [1.54, 1.807) is 0 Å². The normalized spacial score (nSPS) is 35.4. The summed E-state index contributed by atoms with van der Waals surface area (Å²) in [6.07, 6.45) is 17.6. The molecule has 4 heteroatoms. The standard InChI is InChI=1S/C21H32O4/c1-3-4-5-6-7-8-9-10-11-12-13-21-15-14-20(2,25-21)16-17(21)19(23)24-18(16)22/h14-17H,3-13H2,1-2H3/t16?,17?,20-,21?/m1/s1. The first-order chi connectivity index (χ1) is 12.0. The van der Waals surface area contributed by atoms with Gasteiger partial charge >= 0.3 is 11.9 Å². The molecule has 0 aliphatic carbocycles. The van der Waals surface area contributed by atoms with Crippen molar-refractivity contribution in [3.8, 4) is 0 Å². The average molecular weight is 348 g/mol. The minimum absolute atomic E-state index is 0.393. The Morgan fingerprint density at radius 1 is 0.840 bits per heavy atom. The van der Waals surface area contributed by atoms with E-state index in [0.29, 0.717) is 0 Å². The van der Waals surface area contributed by atoms with E-state index in [4.69, 9.17) is 9.47 Å². The quantitative estimate of drug-likeness (QED) is 0.235. The predicted octanol–water partition coefficient (Wildman–Crippen LogP) is 4.71. The van der Waals surface area contributed by atoms with Gasteiger partial charge in [0.25, 0.3) is 0 Å². The summed E-state index contributed by atoms with van der Waals surface area (Å²) in [5.41, 5.74) is -1.27. The van der Waals surface area contributed by atoms with Gasteiger partial charge in [0.1, 0.15) is 17.4 Å². The Kier molecular flexibility index (Phi) is 5.67. The summed E-state index contributed by atoms with van der Waals surface area (Å²) in [7, 11) is 0. The maximum Gasteiger partial charge on any atom is 0.320 e. The number of hydrogen-bond donors (Lipinski definition) is 0. The van der Waals surface area contributed by atoms with E-state index in [1.807, 2.05) is 19.1 Å². The molecular weight excluding hydrogens is 316 g/mol. The van der Waals surface area contributed by atoms with Crippen molar-refractivity contribution in [1.82, 2.24) is 0 Å². The first kappa shape index (κ1) is 18.6. The minimum atomic E-state index is -0.660. The van der Waals surface area contributed by atoms with E-state index in [-0.39, 0.29) is 0 Å². The van der Waals surface area contributed by atoms with Gasteiger partial charge in [0.15, 0.2) is 0 Å². The van der Waals surface area contributed by atoms with Crippen LogP contribution < -0.4 is 0 Å². The van der Waals surface area contributed by atoms with Crippen LogP contribution in [0.4, 0.5) is 0 Å². The van der Waals surface area contributed by atoms with Crippen LogP contribution in [0.3, 0.4) is 0 Å². The molecule has 0 aromatic heterocycles. The van der Waals surface area contributed by atoms with E-state index in [2.05, 4.69) is 6.92 Å². The van der Waals surface area contributed by atoms with Gasteiger partial charge in [-0.15, -0.1) is 0 Å². The second-order valence-electron chi connectivity index (χ2n) is 8.20. The van der Waals surface area contributed by atoms with E-state index in [0.717, 1.165) is 19.3 Å². The lowest BCUT2D eigenvalue weighted by Gasteiger charge is -2.27. The van der Waals surface area contributed by atoms with E-state index in [1.165, 1.54) is 51.4 Å². The van der Waals surface area contributed by atoms with Crippen molar-refractivity contribution in [2.75, 3.05) is 0 Å². The Hall–Kier alpha value is -1.16. The van der Waals surface area contributed by atoms with Crippen LogP contribution in [0.15, 0.2) is 12.2 Å². The van der Waals surface area contributed by atoms with Crippen LogP contribution >= 0.6 is 0 Å². The molecule has 0 N–H and O–H groups in total. The summed E-state index contributed by atoms with van der Waals surface area (Å²) in [6, 6.07) is 0. The van der Waals surface area contributed by atoms with E-state index < -0.39 is 35.0 Å². The van der Waals surface area contributed by atoms with E-state index >= 15 is 0 Å². The Balaban J connectivity index is 1.38. The predicted molar refractivity (Wildman–Crippen MR) is 95.9 cm³/mol. The summed E-state index contributed by atoms with van der Waals surface area (Å²) in [4.78, 5) is 24.1. The molecule has 4 atom stereocenters.